The van der Waals surface area contributed by atoms with E-state index in [1.807, 2.05) is 36.4 Å². The minimum atomic E-state index is -4.66. The monoisotopic (exact) mass is 837 g/mol. The summed E-state index contributed by atoms with van der Waals surface area (Å²) < 4.78 is 94.8. The molecule has 11 nitrogen and oxygen atoms in total. The van der Waals surface area contributed by atoms with Crippen molar-refractivity contribution in [1.82, 2.24) is 15.0 Å². The highest BCUT2D eigenvalue weighted by Crippen LogP contribution is 2.38. The first-order valence-electron chi connectivity index (χ1n) is 17.9. The molecule has 0 fully saturated rings. The molecule has 2 N–H and O–H groups in total. The van der Waals surface area contributed by atoms with E-state index in [-0.39, 0.29) is 67.1 Å². The Labute approximate surface area is 332 Å². The number of benzene rings is 3. The van der Waals surface area contributed by atoms with E-state index < -0.39 is 36.5 Å². The van der Waals surface area contributed by atoms with Crippen LogP contribution in [0.2, 0.25) is 10.1 Å². The quantitative estimate of drug-likeness (QED) is 0.0731. The minimum Gasteiger partial charge on any atom is -0.491 e. The van der Waals surface area contributed by atoms with Gasteiger partial charge in [0, 0.05) is 25.4 Å². The van der Waals surface area contributed by atoms with Crippen LogP contribution in [0.3, 0.4) is 0 Å². The zero-order valence-corrected chi connectivity index (χ0v) is 34.4. The first kappa shape index (κ1) is 44.5. The van der Waals surface area contributed by atoms with Crippen molar-refractivity contribution < 1.29 is 49.2 Å². The van der Waals surface area contributed by atoms with E-state index in [9.17, 15) is 26.4 Å². The van der Waals surface area contributed by atoms with Gasteiger partial charge in [0.2, 0.25) is 5.88 Å². The summed E-state index contributed by atoms with van der Waals surface area (Å²) in [4.78, 5) is 16.0. The van der Waals surface area contributed by atoms with E-state index in [1.165, 1.54) is 0 Å². The van der Waals surface area contributed by atoms with Crippen LogP contribution in [-0.4, -0.2) is 66.8 Å². The topological polar surface area (TPSA) is 134 Å². The molecule has 0 atom stereocenters. The molecule has 0 saturated carbocycles. The summed E-state index contributed by atoms with van der Waals surface area (Å²) in [6.45, 7) is 10.6. The predicted octanol–water partition coefficient (Wildman–Crippen LogP) is 7.42. The van der Waals surface area contributed by atoms with Gasteiger partial charge in [-0.25, -0.2) is 9.78 Å². The van der Waals surface area contributed by atoms with Crippen molar-refractivity contribution in [3.8, 4) is 17.4 Å². The lowest BCUT2D eigenvalue weighted by Gasteiger charge is -2.43. The molecule has 1 heterocycles. The Morgan fingerprint density at radius 1 is 0.893 bits per heavy atom. The molecule has 304 valence electrons. The molecule has 0 aliphatic heterocycles. The first-order valence-corrected chi connectivity index (χ1v) is 21.6. The van der Waals surface area contributed by atoms with Crippen molar-refractivity contribution >= 4 is 46.7 Å². The van der Waals surface area contributed by atoms with Crippen LogP contribution in [0.25, 0.3) is 0 Å². The highest BCUT2D eigenvalue weighted by atomic mass is 35.5. The average Bonchev–Trinajstić information content (AvgIpc) is 3.13. The Hall–Kier alpha value is -4.19. The zero-order chi connectivity index (χ0) is 41.0. The van der Waals surface area contributed by atoms with Crippen molar-refractivity contribution in [2.45, 2.75) is 64.8 Å². The van der Waals surface area contributed by atoms with Gasteiger partial charge < -0.3 is 28.1 Å². The Morgan fingerprint density at radius 3 is 2.11 bits per heavy atom. The fraction of sp³-hybridized carbons (Fsp3) is 0.385. The number of rotatable bonds is 19. The first-order chi connectivity index (χ1) is 26.4. The number of amides is 1. The lowest BCUT2D eigenvalue weighted by molar-refractivity contribution is -0.137. The molecule has 1 aromatic heterocycles. The lowest BCUT2D eigenvalue weighted by atomic mass is 10.1. The van der Waals surface area contributed by atoms with Crippen LogP contribution in [-0.2, 0) is 36.2 Å². The van der Waals surface area contributed by atoms with Gasteiger partial charge in [-0.3, -0.25) is 0 Å². The van der Waals surface area contributed by atoms with E-state index in [0.29, 0.717) is 23.9 Å². The van der Waals surface area contributed by atoms with Crippen LogP contribution in [0.15, 0.2) is 91.1 Å². The fourth-order valence-electron chi connectivity index (χ4n) is 5.89. The van der Waals surface area contributed by atoms with E-state index in [0.717, 1.165) is 16.4 Å². The molecule has 4 aromatic rings. The number of hydrogen-bond acceptors (Lipinski definition) is 9. The number of carbonyl (C=O) groups is 1. The minimum absolute atomic E-state index is 0.0153. The van der Waals surface area contributed by atoms with Gasteiger partial charge in [-0.2, -0.15) is 26.3 Å². The second-order valence-corrected chi connectivity index (χ2v) is 20.0. The molecule has 0 saturated heterocycles. The smallest absolute Gasteiger partial charge is 0.423 e. The van der Waals surface area contributed by atoms with Gasteiger partial charge in [0.15, 0.2) is 0 Å². The molecule has 0 aliphatic carbocycles. The Balaban J connectivity index is 1.47. The summed E-state index contributed by atoms with van der Waals surface area (Å²) in [5.74, 6) is 0.324. The third kappa shape index (κ3) is 12.7. The maximum Gasteiger partial charge on any atom is 0.423 e. The molecule has 0 unspecified atom stereocenters. The van der Waals surface area contributed by atoms with Crippen molar-refractivity contribution in [2.75, 3.05) is 32.9 Å². The standard InChI is InChI=1S/C39H47ClF3N3O8SSi/c1-28(2)50-22-21-46-55(48,49)54-37(47)44-20-12-13-29-18-19-31(26-35(29)53-36-34(40)25-30(27-45-36)39(41,42)43)51-23-24-52-56(38(3,4)5,32-14-8-6-9-15-32)33-16-10-7-11-17-33/h6-11,14-19,25-28,46H,12-13,20-24H2,1-5H3,(H,44,47). The van der Waals surface area contributed by atoms with Crippen LogP contribution < -0.4 is 29.9 Å². The van der Waals surface area contributed by atoms with Gasteiger partial charge in [-0.1, -0.05) is 99.1 Å². The summed E-state index contributed by atoms with van der Waals surface area (Å²) in [6, 6.07) is 26.0. The number of carbonyl (C=O) groups excluding carboxylic acids is 1. The normalized spacial score (nSPS) is 12.4. The van der Waals surface area contributed by atoms with Crippen LogP contribution in [0.4, 0.5) is 18.0 Å². The molecule has 0 radical (unpaired) electrons. The number of ether oxygens (including phenoxy) is 3. The molecule has 4 rings (SSSR count). The van der Waals surface area contributed by atoms with E-state index in [1.54, 1.807) is 32.0 Å². The van der Waals surface area contributed by atoms with E-state index in [4.69, 9.17) is 30.2 Å². The van der Waals surface area contributed by atoms with Crippen LogP contribution in [0.5, 0.6) is 17.4 Å². The highest BCUT2D eigenvalue weighted by molar-refractivity contribution is 7.85. The number of nitrogens with zero attached hydrogens (tertiary/aromatic N) is 1. The van der Waals surface area contributed by atoms with Gasteiger partial charge >= 0.3 is 22.6 Å². The highest BCUT2D eigenvalue weighted by Gasteiger charge is 2.50. The number of aryl methyl sites for hydroxylation is 1. The third-order valence-electron chi connectivity index (χ3n) is 8.38. The fourth-order valence-corrected chi connectivity index (χ4v) is 11.3. The molecule has 0 spiro atoms. The van der Waals surface area contributed by atoms with Crippen LogP contribution in [0.1, 0.15) is 52.2 Å². The maximum absolute atomic E-state index is 13.3. The molecule has 3 aromatic carbocycles. The van der Waals surface area contributed by atoms with E-state index >= 15 is 0 Å². The Morgan fingerprint density at radius 2 is 1.54 bits per heavy atom. The molecule has 0 aliphatic rings. The zero-order valence-electron chi connectivity index (χ0n) is 31.8. The molecule has 0 bridgehead atoms. The van der Waals surface area contributed by atoms with Crippen molar-refractivity contribution in [1.29, 1.82) is 0 Å². The van der Waals surface area contributed by atoms with Gasteiger partial charge in [0.1, 0.15) is 23.1 Å². The van der Waals surface area contributed by atoms with Gasteiger partial charge in [-0.15, -0.1) is 0 Å². The number of halogens is 4. The Bertz CT molecular complexity index is 1950. The summed E-state index contributed by atoms with van der Waals surface area (Å²) in [5, 5.41) is 4.02. The van der Waals surface area contributed by atoms with Crippen LogP contribution >= 0.6 is 11.6 Å². The van der Waals surface area contributed by atoms with E-state index in [2.05, 4.69) is 64.2 Å². The van der Waals surface area contributed by atoms with Crippen LogP contribution in [0, 0.1) is 0 Å². The number of pyridine rings is 1. The summed E-state index contributed by atoms with van der Waals surface area (Å²) in [6.07, 6.45) is -4.73. The summed E-state index contributed by atoms with van der Waals surface area (Å²) in [5.41, 5.74) is -0.458. The third-order valence-corrected chi connectivity index (χ3v) is 14.6. The number of aromatic nitrogens is 1. The molecular weight excluding hydrogens is 791 g/mol. The molecule has 17 heteroatoms. The predicted molar refractivity (Wildman–Crippen MR) is 211 cm³/mol. The largest absolute Gasteiger partial charge is 0.491 e. The number of alkyl halides is 3. The average molecular weight is 838 g/mol. The summed E-state index contributed by atoms with van der Waals surface area (Å²) >= 11 is 6.17. The Kier molecular flexibility index (Phi) is 15.7. The van der Waals surface area contributed by atoms with Gasteiger partial charge in [0.25, 0.3) is 8.32 Å². The number of nitrogens with one attached hydrogen (secondary N) is 2. The molecule has 56 heavy (non-hydrogen) atoms. The number of hydrogen-bond donors (Lipinski definition) is 2. The SMILES string of the molecule is CC(C)OCCNS(=O)(=O)OC(=O)NCCCc1ccc(OCCO[Si](c2ccccc2)(c2ccccc2)C(C)(C)C)cc1Oc1ncc(C(F)(F)F)cc1Cl. The van der Waals surface area contributed by atoms with Crippen molar-refractivity contribution in [2.24, 2.45) is 0 Å². The van der Waals surface area contributed by atoms with Gasteiger partial charge in [-0.05, 0) is 59.8 Å². The molecular formula is C39H47ClF3N3O8SSi. The van der Waals surface area contributed by atoms with Gasteiger partial charge in [0.05, 0.1) is 24.9 Å². The lowest BCUT2D eigenvalue weighted by Crippen LogP contribution is -2.66. The summed E-state index contributed by atoms with van der Waals surface area (Å²) in [7, 11) is -7.18. The second-order valence-electron chi connectivity index (χ2n) is 13.9. The second kappa shape index (κ2) is 19.8. The molecule has 1 amide bonds. The van der Waals surface area contributed by atoms with Crippen molar-refractivity contribution in [3.63, 3.8) is 0 Å². The van der Waals surface area contributed by atoms with Crippen molar-refractivity contribution in [3.05, 3.63) is 107 Å². The maximum atomic E-state index is 13.3.